The Hall–Kier alpha value is -1.39. The van der Waals surface area contributed by atoms with Crippen molar-refractivity contribution in [3.63, 3.8) is 0 Å². The third-order valence-electron chi connectivity index (χ3n) is 2.40. The smallest absolute Gasteiger partial charge is 0.387 e. The number of hydrogen-bond donors (Lipinski definition) is 0. The lowest BCUT2D eigenvalue weighted by atomic mass is 10.0. The highest BCUT2D eigenvalue weighted by Crippen LogP contribution is 2.35. The van der Waals surface area contributed by atoms with E-state index >= 15 is 0 Å². The lowest BCUT2D eigenvalue weighted by molar-refractivity contribution is -0.0521. The van der Waals surface area contributed by atoms with Crippen LogP contribution < -0.4 is 4.74 Å². The summed E-state index contributed by atoms with van der Waals surface area (Å²) in [5.41, 5.74) is 0.420. The largest absolute Gasteiger partial charge is 0.432 e. The standard InChI is InChI=1S/C13H7Cl2F3O/c14-7-4-5-8(10(15)6-7)9-2-1-3-11(12(9)16)19-13(17)18/h1-6,13H. The van der Waals surface area contributed by atoms with Crippen LogP contribution >= 0.6 is 23.2 Å². The molecular weight excluding hydrogens is 300 g/mol. The minimum atomic E-state index is -3.09. The van der Waals surface area contributed by atoms with Gasteiger partial charge < -0.3 is 4.74 Å². The highest BCUT2D eigenvalue weighted by Gasteiger charge is 2.16. The first-order valence-corrected chi connectivity index (χ1v) is 5.93. The Bertz CT molecular complexity index is 602. The fourth-order valence-corrected chi connectivity index (χ4v) is 2.12. The first-order valence-electron chi connectivity index (χ1n) is 5.18. The average molecular weight is 307 g/mol. The van der Waals surface area contributed by atoms with Crippen molar-refractivity contribution in [1.82, 2.24) is 0 Å². The van der Waals surface area contributed by atoms with Crippen molar-refractivity contribution in [2.75, 3.05) is 0 Å². The molecule has 0 bridgehead atoms. The van der Waals surface area contributed by atoms with Crippen LogP contribution in [0.25, 0.3) is 11.1 Å². The molecule has 0 aliphatic heterocycles. The Morgan fingerprint density at radius 1 is 1.00 bits per heavy atom. The van der Waals surface area contributed by atoms with Crippen molar-refractivity contribution >= 4 is 23.2 Å². The van der Waals surface area contributed by atoms with E-state index in [9.17, 15) is 13.2 Å². The summed E-state index contributed by atoms with van der Waals surface area (Å²) in [5, 5.41) is 0.620. The van der Waals surface area contributed by atoms with Gasteiger partial charge in [0.2, 0.25) is 0 Å². The normalized spacial score (nSPS) is 10.8. The molecule has 19 heavy (non-hydrogen) atoms. The quantitative estimate of drug-likeness (QED) is 0.737. The van der Waals surface area contributed by atoms with E-state index in [0.29, 0.717) is 10.6 Å². The molecule has 0 saturated carbocycles. The van der Waals surface area contributed by atoms with Crippen molar-refractivity contribution < 1.29 is 17.9 Å². The number of rotatable bonds is 3. The molecule has 0 radical (unpaired) electrons. The summed E-state index contributed by atoms with van der Waals surface area (Å²) in [6, 6.07) is 8.43. The van der Waals surface area contributed by atoms with Crippen molar-refractivity contribution in [3.8, 4) is 16.9 Å². The molecular formula is C13H7Cl2F3O. The molecule has 2 aromatic carbocycles. The molecule has 0 aliphatic rings. The minimum Gasteiger partial charge on any atom is -0.432 e. The molecule has 0 aliphatic carbocycles. The second kappa shape index (κ2) is 5.72. The van der Waals surface area contributed by atoms with Crippen LogP contribution in [0.4, 0.5) is 13.2 Å². The van der Waals surface area contributed by atoms with E-state index < -0.39 is 18.2 Å². The molecule has 0 atom stereocenters. The van der Waals surface area contributed by atoms with E-state index in [1.54, 1.807) is 0 Å². The Kier molecular flexibility index (Phi) is 4.22. The molecule has 6 heteroatoms. The molecule has 0 heterocycles. The van der Waals surface area contributed by atoms with E-state index in [1.165, 1.54) is 30.3 Å². The van der Waals surface area contributed by atoms with Crippen LogP contribution in [0, 0.1) is 5.82 Å². The van der Waals surface area contributed by atoms with Crippen LogP contribution in [0.1, 0.15) is 0 Å². The highest BCUT2D eigenvalue weighted by atomic mass is 35.5. The number of benzene rings is 2. The summed E-state index contributed by atoms with van der Waals surface area (Å²) >= 11 is 11.7. The maximum absolute atomic E-state index is 14.0. The summed E-state index contributed by atoms with van der Waals surface area (Å²) in [5.74, 6) is -1.43. The van der Waals surface area contributed by atoms with Gasteiger partial charge in [-0.1, -0.05) is 41.4 Å². The maximum Gasteiger partial charge on any atom is 0.387 e. The van der Waals surface area contributed by atoms with Crippen LogP contribution in [0.15, 0.2) is 36.4 Å². The number of hydrogen-bond acceptors (Lipinski definition) is 1. The summed E-state index contributed by atoms with van der Waals surface area (Å²) in [6.07, 6.45) is 0. The Labute approximate surface area is 117 Å². The summed E-state index contributed by atoms with van der Waals surface area (Å²) in [6.45, 7) is -3.09. The fourth-order valence-electron chi connectivity index (χ4n) is 1.61. The van der Waals surface area contributed by atoms with Gasteiger partial charge in [-0.15, -0.1) is 0 Å². The molecule has 2 rings (SSSR count). The lowest BCUT2D eigenvalue weighted by Crippen LogP contribution is -2.04. The summed E-state index contributed by atoms with van der Waals surface area (Å²) in [7, 11) is 0. The first kappa shape index (κ1) is 14.0. The molecule has 0 N–H and O–H groups in total. The highest BCUT2D eigenvalue weighted by molar-refractivity contribution is 6.36. The third kappa shape index (κ3) is 3.14. The second-order valence-corrected chi connectivity index (χ2v) is 4.46. The van der Waals surface area contributed by atoms with E-state index in [-0.39, 0.29) is 10.6 Å². The van der Waals surface area contributed by atoms with Crippen molar-refractivity contribution in [2.45, 2.75) is 6.61 Å². The molecule has 0 aromatic heterocycles. The summed E-state index contributed by atoms with van der Waals surface area (Å²) in [4.78, 5) is 0. The van der Waals surface area contributed by atoms with Gasteiger partial charge in [-0.2, -0.15) is 8.78 Å². The van der Waals surface area contributed by atoms with E-state index in [0.717, 1.165) is 6.07 Å². The van der Waals surface area contributed by atoms with Gasteiger partial charge in [0.15, 0.2) is 11.6 Å². The van der Waals surface area contributed by atoms with E-state index in [1.807, 2.05) is 0 Å². The van der Waals surface area contributed by atoms with Gasteiger partial charge in [-0.25, -0.2) is 4.39 Å². The monoisotopic (exact) mass is 306 g/mol. The second-order valence-electron chi connectivity index (χ2n) is 3.62. The molecule has 0 fully saturated rings. The zero-order chi connectivity index (χ0) is 14.0. The van der Waals surface area contributed by atoms with Gasteiger partial charge in [0, 0.05) is 21.2 Å². The number of ether oxygens (including phenoxy) is 1. The zero-order valence-corrected chi connectivity index (χ0v) is 10.9. The van der Waals surface area contributed by atoms with Gasteiger partial charge in [0.1, 0.15) is 0 Å². The third-order valence-corrected chi connectivity index (χ3v) is 2.95. The molecule has 100 valence electrons. The Balaban J connectivity index is 2.50. The topological polar surface area (TPSA) is 9.23 Å². The van der Waals surface area contributed by atoms with E-state index in [2.05, 4.69) is 4.74 Å². The van der Waals surface area contributed by atoms with Crippen molar-refractivity contribution in [2.24, 2.45) is 0 Å². The van der Waals surface area contributed by atoms with Crippen LogP contribution in [0.3, 0.4) is 0 Å². The van der Waals surface area contributed by atoms with Crippen molar-refractivity contribution in [3.05, 3.63) is 52.3 Å². The Morgan fingerprint density at radius 3 is 2.37 bits per heavy atom. The molecule has 0 spiro atoms. The van der Waals surface area contributed by atoms with Gasteiger partial charge in [-0.3, -0.25) is 0 Å². The minimum absolute atomic E-state index is 0.0693. The van der Waals surface area contributed by atoms with Gasteiger partial charge >= 0.3 is 6.61 Å². The lowest BCUT2D eigenvalue weighted by Gasteiger charge is -2.10. The predicted molar refractivity (Wildman–Crippen MR) is 68.5 cm³/mol. The van der Waals surface area contributed by atoms with Crippen LogP contribution in [-0.4, -0.2) is 6.61 Å². The van der Waals surface area contributed by atoms with Gasteiger partial charge in [-0.05, 0) is 18.2 Å². The predicted octanol–water partition coefficient (Wildman–Crippen LogP) is 5.40. The summed E-state index contributed by atoms with van der Waals surface area (Å²) < 4.78 is 42.4. The van der Waals surface area contributed by atoms with Crippen LogP contribution in [0.5, 0.6) is 5.75 Å². The van der Waals surface area contributed by atoms with Crippen molar-refractivity contribution in [1.29, 1.82) is 0 Å². The molecule has 0 amide bonds. The molecule has 1 nitrogen and oxygen atoms in total. The fraction of sp³-hybridized carbons (Fsp3) is 0.0769. The Morgan fingerprint density at radius 2 is 1.74 bits per heavy atom. The van der Waals surface area contributed by atoms with Crippen LogP contribution in [0.2, 0.25) is 10.0 Å². The van der Waals surface area contributed by atoms with E-state index in [4.69, 9.17) is 23.2 Å². The maximum atomic E-state index is 14.0. The average Bonchev–Trinajstić information content (AvgIpc) is 2.32. The SMILES string of the molecule is Fc1c(OC(F)F)cccc1-c1ccc(Cl)cc1Cl. The van der Waals surface area contributed by atoms with Gasteiger partial charge in [0.05, 0.1) is 0 Å². The number of alkyl halides is 2. The van der Waals surface area contributed by atoms with Crippen LogP contribution in [-0.2, 0) is 0 Å². The zero-order valence-electron chi connectivity index (χ0n) is 9.34. The van der Waals surface area contributed by atoms with Gasteiger partial charge in [0.25, 0.3) is 0 Å². The molecule has 0 unspecified atom stereocenters. The molecule has 2 aromatic rings. The number of halogens is 5. The molecule has 0 saturated heterocycles. The first-order chi connectivity index (χ1) is 8.99.